The molecule has 0 radical (unpaired) electrons. The van der Waals surface area contributed by atoms with Crippen molar-refractivity contribution in [1.29, 1.82) is 0 Å². The number of aliphatic hydroxyl groups excluding tert-OH is 2. The molecule has 42 heavy (non-hydrogen) atoms. The van der Waals surface area contributed by atoms with E-state index >= 15 is 0 Å². The predicted octanol–water partition coefficient (Wildman–Crippen LogP) is 5.38. The molecule has 0 aliphatic carbocycles. The number of amides is 1. The summed E-state index contributed by atoms with van der Waals surface area (Å²) in [6.07, 6.45) is 1.35. The lowest BCUT2D eigenvalue weighted by Crippen LogP contribution is -2.31. The van der Waals surface area contributed by atoms with Gasteiger partial charge in [0.15, 0.2) is 6.29 Å². The number of carbonyl (C=O) groups is 2. The highest BCUT2D eigenvalue weighted by atomic mass is 32.2. The molecule has 0 spiro atoms. The van der Waals surface area contributed by atoms with E-state index in [-0.39, 0.29) is 37.7 Å². The van der Waals surface area contributed by atoms with Gasteiger partial charge in [0.2, 0.25) is 5.91 Å². The van der Waals surface area contributed by atoms with Gasteiger partial charge in [-0.2, -0.15) is 11.8 Å². The third-order valence-corrected chi connectivity index (χ3v) is 8.26. The molecule has 1 aliphatic heterocycles. The second-order valence-corrected chi connectivity index (χ2v) is 11.5. The number of hydrogen-bond donors (Lipinski definition) is 4. The number of hydrogen-bond acceptors (Lipinski definition) is 7. The van der Waals surface area contributed by atoms with Crippen LogP contribution in [-0.4, -0.2) is 51.4 Å². The number of thioether (sulfide) groups is 1. The zero-order valence-corrected chi connectivity index (χ0v) is 24.4. The number of benzene rings is 3. The van der Waals surface area contributed by atoms with E-state index in [1.165, 1.54) is 0 Å². The van der Waals surface area contributed by atoms with Crippen LogP contribution in [0.15, 0.2) is 72.8 Å². The SMILES string of the molecule is O=C(O)CCCCC(=O)NCc1ccccc1-c1ccc([C@@H]2O[C@H](CSCCO)C[C@H](c3ccc(CO)cc3)O2)cc1. The first-order valence-electron chi connectivity index (χ1n) is 14.3. The molecule has 1 amide bonds. The minimum absolute atomic E-state index is 0.00555. The van der Waals surface area contributed by atoms with Gasteiger partial charge in [0.05, 0.1) is 25.4 Å². The van der Waals surface area contributed by atoms with Crippen molar-refractivity contribution < 1.29 is 34.4 Å². The third-order valence-electron chi connectivity index (χ3n) is 7.19. The van der Waals surface area contributed by atoms with Crippen LogP contribution >= 0.6 is 11.8 Å². The van der Waals surface area contributed by atoms with Gasteiger partial charge >= 0.3 is 5.97 Å². The maximum Gasteiger partial charge on any atom is 0.303 e. The van der Waals surface area contributed by atoms with E-state index in [1.807, 2.05) is 72.8 Å². The topological polar surface area (TPSA) is 125 Å². The summed E-state index contributed by atoms with van der Waals surface area (Å²) in [6.45, 7) is 0.506. The van der Waals surface area contributed by atoms with Gasteiger partial charge in [-0.15, -0.1) is 0 Å². The van der Waals surface area contributed by atoms with Crippen molar-refractivity contribution in [2.24, 2.45) is 0 Å². The lowest BCUT2D eigenvalue weighted by molar-refractivity contribution is -0.245. The minimum Gasteiger partial charge on any atom is -0.481 e. The number of aliphatic hydroxyl groups is 2. The number of rotatable bonds is 15. The van der Waals surface area contributed by atoms with E-state index in [1.54, 1.807) is 11.8 Å². The molecule has 4 N–H and O–H groups in total. The third kappa shape index (κ3) is 9.40. The molecule has 1 saturated heterocycles. The van der Waals surface area contributed by atoms with Gasteiger partial charge in [-0.3, -0.25) is 9.59 Å². The lowest BCUT2D eigenvalue weighted by atomic mass is 9.97. The van der Waals surface area contributed by atoms with Gasteiger partial charge in [0.25, 0.3) is 0 Å². The van der Waals surface area contributed by atoms with Gasteiger partial charge in [-0.25, -0.2) is 0 Å². The van der Waals surface area contributed by atoms with Crippen LogP contribution in [0.3, 0.4) is 0 Å². The first kappa shape index (κ1) is 31.7. The Morgan fingerprint density at radius 1 is 0.881 bits per heavy atom. The van der Waals surface area contributed by atoms with Gasteiger partial charge in [0, 0.05) is 42.9 Å². The Kier molecular flexibility index (Phi) is 12.4. The molecule has 9 heteroatoms. The van der Waals surface area contributed by atoms with E-state index < -0.39 is 12.3 Å². The smallest absolute Gasteiger partial charge is 0.303 e. The van der Waals surface area contributed by atoms with Gasteiger partial charge in [-0.05, 0) is 40.7 Å². The molecule has 0 aromatic heterocycles. The van der Waals surface area contributed by atoms with Crippen molar-refractivity contribution >= 4 is 23.6 Å². The standard InChI is InChI=1S/C33H39NO7S/c35-17-18-42-22-28-19-30(25-11-9-23(21-36)10-12-25)41-33(40-28)26-15-13-24(14-16-26)29-6-2-1-5-27(29)20-34-31(37)7-3-4-8-32(38)39/h1-2,5-6,9-16,28,30,33,35-36H,3-4,7-8,17-22H2,(H,34,37)(H,38,39)/t28-,30+,33+/m0/s1. The normalized spacial score (nSPS) is 18.5. The number of ether oxygens (including phenoxy) is 2. The Labute approximate surface area is 251 Å². The molecule has 224 valence electrons. The van der Waals surface area contributed by atoms with Crippen LogP contribution in [0.1, 0.15) is 66.8 Å². The molecule has 0 bridgehead atoms. The molecule has 8 nitrogen and oxygen atoms in total. The average molecular weight is 594 g/mol. The number of unbranched alkanes of at least 4 members (excludes halogenated alkanes) is 1. The van der Waals surface area contributed by atoms with Crippen LogP contribution < -0.4 is 5.32 Å². The van der Waals surface area contributed by atoms with E-state index in [0.29, 0.717) is 38.0 Å². The Balaban J connectivity index is 1.43. The Hall–Kier alpha value is -3.21. The van der Waals surface area contributed by atoms with Crippen molar-refractivity contribution in [3.8, 4) is 11.1 Å². The van der Waals surface area contributed by atoms with Crippen molar-refractivity contribution in [1.82, 2.24) is 5.32 Å². The summed E-state index contributed by atoms with van der Waals surface area (Å²) in [7, 11) is 0. The Morgan fingerprint density at radius 2 is 1.60 bits per heavy atom. The molecule has 1 heterocycles. The molecule has 1 fully saturated rings. The van der Waals surface area contributed by atoms with E-state index in [0.717, 1.165) is 39.1 Å². The van der Waals surface area contributed by atoms with Crippen LogP contribution in [-0.2, 0) is 32.2 Å². The fraction of sp³-hybridized carbons (Fsp3) is 0.394. The molecule has 0 unspecified atom stereocenters. The van der Waals surface area contributed by atoms with E-state index in [2.05, 4.69) is 5.32 Å². The summed E-state index contributed by atoms with van der Waals surface area (Å²) in [5.74, 6) is 0.467. The molecular weight excluding hydrogens is 554 g/mol. The zero-order chi connectivity index (χ0) is 29.7. The molecule has 3 atom stereocenters. The monoisotopic (exact) mass is 593 g/mol. The molecule has 0 saturated carbocycles. The van der Waals surface area contributed by atoms with Gasteiger partial charge < -0.3 is 30.1 Å². The number of carbonyl (C=O) groups excluding carboxylic acids is 1. The van der Waals surface area contributed by atoms with Crippen LogP contribution in [0.2, 0.25) is 0 Å². The van der Waals surface area contributed by atoms with Gasteiger partial charge in [-0.1, -0.05) is 72.8 Å². The number of carboxylic acid groups (broad SMARTS) is 1. The molecule has 3 aromatic carbocycles. The summed E-state index contributed by atoms with van der Waals surface area (Å²) < 4.78 is 12.8. The minimum atomic E-state index is -0.845. The van der Waals surface area contributed by atoms with Crippen molar-refractivity contribution in [3.63, 3.8) is 0 Å². The zero-order valence-electron chi connectivity index (χ0n) is 23.6. The molecule has 4 rings (SSSR count). The summed E-state index contributed by atoms with van der Waals surface area (Å²) in [5.41, 5.74) is 5.80. The van der Waals surface area contributed by atoms with E-state index in [4.69, 9.17) is 14.6 Å². The van der Waals surface area contributed by atoms with Crippen molar-refractivity contribution in [3.05, 3.63) is 95.1 Å². The van der Waals surface area contributed by atoms with Crippen LogP contribution in [0.4, 0.5) is 0 Å². The summed E-state index contributed by atoms with van der Waals surface area (Å²) in [4.78, 5) is 23.0. The molecule has 3 aromatic rings. The highest BCUT2D eigenvalue weighted by Crippen LogP contribution is 2.39. The summed E-state index contributed by atoms with van der Waals surface area (Å²) in [5, 5.41) is 30.3. The largest absolute Gasteiger partial charge is 0.481 e. The average Bonchev–Trinajstić information content (AvgIpc) is 3.02. The Bertz CT molecular complexity index is 1280. The second kappa shape index (κ2) is 16.4. The number of carboxylic acids is 1. The van der Waals surface area contributed by atoms with Crippen LogP contribution in [0.25, 0.3) is 11.1 Å². The quantitative estimate of drug-likeness (QED) is 0.173. The highest BCUT2D eigenvalue weighted by Gasteiger charge is 2.32. The Morgan fingerprint density at radius 3 is 2.31 bits per heavy atom. The first-order chi connectivity index (χ1) is 20.5. The van der Waals surface area contributed by atoms with Gasteiger partial charge in [0.1, 0.15) is 0 Å². The molecular formula is C33H39NO7S. The first-order valence-corrected chi connectivity index (χ1v) is 15.5. The summed E-state index contributed by atoms with van der Waals surface area (Å²) >= 11 is 1.66. The lowest BCUT2D eigenvalue weighted by Gasteiger charge is -2.36. The molecule has 1 aliphatic rings. The fourth-order valence-corrected chi connectivity index (χ4v) is 5.70. The summed E-state index contributed by atoms with van der Waals surface area (Å²) in [6, 6.07) is 23.8. The highest BCUT2D eigenvalue weighted by molar-refractivity contribution is 7.99. The van der Waals surface area contributed by atoms with Crippen LogP contribution in [0.5, 0.6) is 0 Å². The number of aliphatic carboxylic acids is 1. The van der Waals surface area contributed by atoms with Crippen LogP contribution in [0, 0.1) is 0 Å². The van der Waals surface area contributed by atoms with E-state index in [9.17, 15) is 19.8 Å². The number of nitrogens with one attached hydrogen (secondary N) is 1. The second-order valence-electron chi connectivity index (χ2n) is 10.3. The van der Waals surface area contributed by atoms with Crippen molar-refractivity contribution in [2.45, 2.75) is 63.8 Å². The van der Waals surface area contributed by atoms with Crippen molar-refractivity contribution in [2.75, 3.05) is 18.1 Å². The fourth-order valence-electron chi connectivity index (χ4n) is 4.92. The predicted molar refractivity (Wildman–Crippen MR) is 163 cm³/mol. The maximum absolute atomic E-state index is 12.3. The maximum atomic E-state index is 12.3.